The summed E-state index contributed by atoms with van der Waals surface area (Å²) in [6, 6.07) is 11.0. The Morgan fingerprint density at radius 1 is 1.25 bits per heavy atom. The van der Waals surface area contributed by atoms with Crippen LogP contribution in [0.15, 0.2) is 30.3 Å². The zero-order chi connectivity index (χ0) is 16.9. The second kappa shape index (κ2) is 7.73. The molecule has 1 saturated heterocycles. The molecule has 1 aromatic heterocycles. The smallest absolute Gasteiger partial charge is 0.147 e. The Balaban J connectivity index is 1.72. The maximum atomic E-state index is 4.81. The molecule has 1 aliphatic heterocycles. The fourth-order valence-electron chi connectivity index (χ4n) is 3.24. The van der Waals surface area contributed by atoms with Gasteiger partial charge in [-0.1, -0.05) is 29.8 Å². The van der Waals surface area contributed by atoms with Crippen LogP contribution in [0.5, 0.6) is 0 Å². The van der Waals surface area contributed by atoms with Crippen LogP contribution in [0.4, 0.5) is 5.82 Å². The Kier molecular flexibility index (Phi) is 5.43. The van der Waals surface area contributed by atoms with Crippen molar-refractivity contribution < 1.29 is 0 Å². The van der Waals surface area contributed by atoms with Crippen molar-refractivity contribution in [3.63, 3.8) is 0 Å². The lowest BCUT2D eigenvalue weighted by Gasteiger charge is -2.18. The molecule has 0 unspecified atom stereocenters. The topological polar surface area (TPSA) is 53.1 Å². The molecule has 0 radical (unpaired) electrons. The van der Waals surface area contributed by atoms with E-state index < -0.39 is 0 Å². The van der Waals surface area contributed by atoms with Gasteiger partial charge >= 0.3 is 0 Å². The minimum atomic E-state index is 0.291. The summed E-state index contributed by atoms with van der Waals surface area (Å²) in [6.45, 7) is 4.91. The van der Waals surface area contributed by atoms with Gasteiger partial charge in [0.1, 0.15) is 11.6 Å². The van der Waals surface area contributed by atoms with Gasteiger partial charge < -0.3 is 10.6 Å². The predicted molar refractivity (Wildman–Crippen MR) is 97.9 cm³/mol. The number of nitrogens with zero attached hydrogens (tertiary/aromatic N) is 3. The van der Waals surface area contributed by atoms with Crippen LogP contribution in [0, 0.1) is 6.92 Å². The molecule has 1 aromatic carbocycles. The van der Waals surface area contributed by atoms with Gasteiger partial charge in [0.2, 0.25) is 0 Å². The maximum absolute atomic E-state index is 4.81. The quantitative estimate of drug-likeness (QED) is 0.855. The Morgan fingerprint density at radius 2 is 2.12 bits per heavy atom. The molecule has 5 heteroatoms. The first kappa shape index (κ1) is 16.9. The minimum absolute atomic E-state index is 0.291. The van der Waals surface area contributed by atoms with Crippen molar-refractivity contribution in [3.05, 3.63) is 53.0 Å². The SMILES string of the molecule is CNc1cc(CN(C)Cc2cccc(C)c2)nc([C@@H]2CCCN2)n1. The molecule has 3 rings (SSSR count). The molecule has 1 fully saturated rings. The number of nitrogens with one attached hydrogen (secondary N) is 2. The van der Waals surface area contributed by atoms with Crippen LogP contribution < -0.4 is 10.6 Å². The molecule has 0 amide bonds. The zero-order valence-electron chi connectivity index (χ0n) is 14.8. The summed E-state index contributed by atoms with van der Waals surface area (Å²) < 4.78 is 0. The number of rotatable bonds is 6. The van der Waals surface area contributed by atoms with Crippen molar-refractivity contribution >= 4 is 5.82 Å². The standard InChI is InChI=1S/C19H27N5/c1-14-6-4-7-15(10-14)12-24(3)13-16-11-18(20-2)23-19(22-16)17-8-5-9-21-17/h4,6-7,10-11,17,21H,5,8-9,12-13H2,1-3H3,(H,20,22,23)/t17-/m0/s1. The number of aromatic nitrogens is 2. The molecule has 0 saturated carbocycles. The molecular formula is C19H27N5. The third-order valence-corrected chi connectivity index (χ3v) is 4.39. The number of anilines is 1. The minimum Gasteiger partial charge on any atom is -0.373 e. The summed E-state index contributed by atoms with van der Waals surface area (Å²) in [7, 11) is 4.05. The van der Waals surface area contributed by atoms with Crippen molar-refractivity contribution in [3.8, 4) is 0 Å². The lowest BCUT2D eigenvalue weighted by atomic mass is 10.1. The molecule has 24 heavy (non-hydrogen) atoms. The molecule has 5 nitrogen and oxygen atoms in total. The Hall–Kier alpha value is -1.98. The van der Waals surface area contributed by atoms with E-state index in [0.717, 1.165) is 43.4 Å². The van der Waals surface area contributed by atoms with E-state index in [4.69, 9.17) is 4.98 Å². The summed E-state index contributed by atoms with van der Waals surface area (Å²) in [5.41, 5.74) is 3.70. The van der Waals surface area contributed by atoms with Crippen molar-refractivity contribution in [1.29, 1.82) is 0 Å². The van der Waals surface area contributed by atoms with E-state index in [1.54, 1.807) is 0 Å². The van der Waals surface area contributed by atoms with Gasteiger partial charge in [-0.3, -0.25) is 4.90 Å². The van der Waals surface area contributed by atoms with Crippen molar-refractivity contribution in [1.82, 2.24) is 20.2 Å². The van der Waals surface area contributed by atoms with Crippen LogP contribution in [-0.4, -0.2) is 35.5 Å². The molecule has 2 N–H and O–H groups in total. The first-order valence-corrected chi connectivity index (χ1v) is 8.67. The monoisotopic (exact) mass is 325 g/mol. The zero-order valence-corrected chi connectivity index (χ0v) is 14.8. The summed E-state index contributed by atoms with van der Waals surface area (Å²) in [5.74, 6) is 1.81. The molecular weight excluding hydrogens is 298 g/mol. The second-order valence-electron chi connectivity index (χ2n) is 6.66. The van der Waals surface area contributed by atoms with Crippen molar-refractivity contribution in [2.45, 2.75) is 38.9 Å². The Bertz CT molecular complexity index is 679. The predicted octanol–water partition coefficient (Wildman–Crippen LogP) is 2.88. The lowest BCUT2D eigenvalue weighted by molar-refractivity contribution is 0.314. The first-order chi connectivity index (χ1) is 11.6. The highest BCUT2D eigenvalue weighted by Gasteiger charge is 2.20. The van der Waals surface area contributed by atoms with E-state index in [0.29, 0.717) is 6.04 Å². The number of benzene rings is 1. The van der Waals surface area contributed by atoms with Crippen LogP contribution in [0.3, 0.4) is 0 Å². The summed E-state index contributed by atoms with van der Waals surface area (Å²) in [4.78, 5) is 11.7. The fourth-order valence-corrected chi connectivity index (χ4v) is 3.24. The fraction of sp³-hybridized carbons (Fsp3) is 0.474. The van der Waals surface area contributed by atoms with Gasteiger partial charge in [-0.25, -0.2) is 9.97 Å². The molecule has 1 atom stereocenters. The highest BCUT2D eigenvalue weighted by molar-refractivity contribution is 5.35. The van der Waals surface area contributed by atoms with Crippen LogP contribution >= 0.6 is 0 Å². The van der Waals surface area contributed by atoms with E-state index in [1.165, 1.54) is 17.5 Å². The lowest BCUT2D eigenvalue weighted by Crippen LogP contribution is -2.21. The summed E-state index contributed by atoms with van der Waals surface area (Å²) >= 11 is 0. The Morgan fingerprint density at radius 3 is 2.83 bits per heavy atom. The van der Waals surface area contributed by atoms with E-state index in [9.17, 15) is 0 Å². The normalized spacial score (nSPS) is 17.4. The average molecular weight is 325 g/mol. The van der Waals surface area contributed by atoms with Crippen LogP contribution in [0.2, 0.25) is 0 Å². The number of aryl methyl sites for hydroxylation is 1. The third kappa shape index (κ3) is 4.30. The van der Waals surface area contributed by atoms with Gasteiger partial charge in [-0.2, -0.15) is 0 Å². The molecule has 128 valence electrons. The second-order valence-corrected chi connectivity index (χ2v) is 6.66. The number of hydrogen-bond acceptors (Lipinski definition) is 5. The molecule has 1 aliphatic rings. The van der Waals surface area contributed by atoms with Crippen LogP contribution in [0.1, 0.15) is 41.5 Å². The largest absolute Gasteiger partial charge is 0.373 e. The maximum Gasteiger partial charge on any atom is 0.147 e. The third-order valence-electron chi connectivity index (χ3n) is 4.39. The van der Waals surface area contributed by atoms with E-state index in [2.05, 4.69) is 58.8 Å². The van der Waals surface area contributed by atoms with Gasteiger partial charge in [0.15, 0.2) is 0 Å². The average Bonchev–Trinajstić information content (AvgIpc) is 3.09. The van der Waals surface area contributed by atoms with Gasteiger partial charge in [0.05, 0.1) is 11.7 Å². The highest BCUT2D eigenvalue weighted by atomic mass is 15.1. The van der Waals surface area contributed by atoms with Gasteiger partial charge in [0, 0.05) is 26.2 Å². The van der Waals surface area contributed by atoms with Gasteiger partial charge in [0.25, 0.3) is 0 Å². The summed E-state index contributed by atoms with van der Waals surface area (Å²) in [5, 5.41) is 6.65. The van der Waals surface area contributed by atoms with Gasteiger partial charge in [-0.15, -0.1) is 0 Å². The summed E-state index contributed by atoms with van der Waals surface area (Å²) in [6.07, 6.45) is 2.31. The van der Waals surface area contributed by atoms with Gasteiger partial charge in [-0.05, 0) is 38.9 Å². The molecule has 0 aliphatic carbocycles. The highest BCUT2D eigenvalue weighted by Crippen LogP contribution is 2.22. The van der Waals surface area contributed by atoms with Crippen LogP contribution in [0.25, 0.3) is 0 Å². The molecule has 2 aromatic rings. The molecule has 0 spiro atoms. The number of hydrogen-bond donors (Lipinski definition) is 2. The van der Waals surface area contributed by atoms with E-state index in [-0.39, 0.29) is 0 Å². The molecule has 0 bridgehead atoms. The van der Waals surface area contributed by atoms with Crippen molar-refractivity contribution in [2.75, 3.05) is 26.0 Å². The van der Waals surface area contributed by atoms with E-state index in [1.807, 2.05) is 13.1 Å². The van der Waals surface area contributed by atoms with E-state index >= 15 is 0 Å². The first-order valence-electron chi connectivity index (χ1n) is 8.67. The van der Waals surface area contributed by atoms with Crippen LogP contribution in [-0.2, 0) is 13.1 Å². The molecule has 2 heterocycles. The Labute approximate surface area is 144 Å². The van der Waals surface area contributed by atoms with Crippen molar-refractivity contribution in [2.24, 2.45) is 0 Å².